The molecule has 1 fully saturated rings. The van der Waals surface area contributed by atoms with Crippen molar-refractivity contribution in [2.45, 2.75) is 147 Å². The second kappa shape index (κ2) is 21.5. The molecule has 0 aliphatic carbocycles. The topological polar surface area (TPSA) is 227 Å². The highest BCUT2D eigenvalue weighted by molar-refractivity contribution is 7.60. The number of aliphatic hydroxyl groups is 2. The predicted molar refractivity (Wildman–Crippen MR) is 171 cm³/mol. The number of carbonyl (C=O) groups excluding carboxylic acids is 1. The van der Waals surface area contributed by atoms with Gasteiger partial charge in [-0.3, -0.25) is 13.9 Å². The number of hydrogen-bond donors (Lipinski definition) is 6. The van der Waals surface area contributed by atoms with Crippen LogP contribution in [0.3, 0.4) is 0 Å². The van der Waals surface area contributed by atoms with Gasteiger partial charge in [-0.1, -0.05) is 110 Å². The molecule has 1 aromatic rings. The summed E-state index contributed by atoms with van der Waals surface area (Å²) in [7, 11) is -10.6. The number of amides is 1. The summed E-state index contributed by atoms with van der Waals surface area (Å²) >= 11 is 0. The highest BCUT2D eigenvalue weighted by Crippen LogP contribution is 2.57. The number of nitrogens with one attached hydrogen (secondary N) is 1. The molecule has 0 saturated carbocycles. The Morgan fingerprint density at radius 2 is 1.37 bits per heavy atom. The summed E-state index contributed by atoms with van der Waals surface area (Å²) < 4.78 is 36.7. The smallest absolute Gasteiger partial charge is 0.387 e. The number of phosphoric ester groups is 1. The predicted octanol–water partition coefficient (Wildman–Crippen LogP) is 5.07. The van der Waals surface area contributed by atoms with Gasteiger partial charge in [-0.05, 0) is 12.5 Å². The first-order valence-corrected chi connectivity index (χ1v) is 19.5. The van der Waals surface area contributed by atoms with E-state index < -0.39 is 52.5 Å². The van der Waals surface area contributed by atoms with Gasteiger partial charge in [0.25, 0.3) is 0 Å². The van der Waals surface area contributed by atoms with Crippen molar-refractivity contribution in [3.05, 3.63) is 22.7 Å². The largest absolute Gasteiger partial charge is 0.481 e. The van der Waals surface area contributed by atoms with E-state index in [4.69, 9.17) is 14.5 Å². The van der Waals surface area contributed by atoms with E-state index in [0.29, 0.717) is 6.42 Å². The number of aliphatic hydroxyl groups excluding tert-OH is 2. The fourth-order valence-corrected chi connectivity index (χ4v) is 6.91. The van der Waals surface area contributed by atoms with Crippen molar-refractivity contribution in [2.24, 2.45) is 0 Å². The van der Waals surface area contributed by atoms with Gasteiger partial charge in [-0.2, -0.15) is 9.29 Å². The van der Waals surface area contributed by atoms with Crippen LogP contribution in [0.15, 0.2) is 17.1 Å². The van der Waals surface area contributed by atoms with Crippen LogP contribution in [0, 0.1) is 0 Å². The molecule has 2 heterocycles. The van der Waals surface area contributed by atoms with Gasteiger partial charge < -0.3 is 34.9 Å². The molecule has 1 amide bonds. The van der Waals surface area contributed by atoms with E-state index in [-0.39, 0.29) is 18.1 Å². The first kappa shape index (κ1) is 40.7. The molecule has 17 heteroatoms. The Kier molecular flexibility index (Phi) is 19.0. The number of rotatable bonds is 25. The molecule has 46 heavy (non-hydrogen) atoms. The summed E-state index contributed by atoms with van der Waals surface area (Å²) in [5, 5.41) is 23.1. The van der Waals surface area contributed by atoms with Gasteiger partial charge in [0.2, 0.25) is 5.91 Å². The minimum Gasteiger partial charge on any atom is -0.387 e. The fraction of sp³-hybridized carbons (Fsp3) is 0.828. The number of aromatic nitrogens is 2. The molecule has 0 bridgehead atoms. The minimum atomic E-state index is -5.35. The van der Waals surface area contributed by atoms with Gasteiger partial charge in [0.05, 0.1) is 6.61 Å². The first-order chi connectivity index (χ1) is 21.8. The molecular formula is C29H53N3O12P2. The summed E-state index contributed by atoms with van der Waals surface area (Å²) in [5.74, 6) is -0.289. The lowest BCUT2D eigenvalue weighted by atomic mass is 10.0. The molecule has 2 rings (SSSR count). The van der Waals surface area contributed by atoms with E-state index in [1.807, 2.05) is 0 Å². The Hall–Kier alpha value is -1.51. The molecule has 5 atom stereocenters. The lowest BCUT2D eigenvalue weighted by Gasteiger charge is -2.18. The van der Waals surface area contributed by atoms with Crippen LogP contribution in [0.2, 0.25) is 0 Å². The summed E-state index contributed by atoms with van der Waals surface area (Å²) in [6.45, 7) is 1.34. The third kappa shape index (κ3) is 16.5. The monoisotopic (exact) mass is 697 g/mol. The molecule has 1 aliphatic rings. The number of nitrogens with zero attached hydrogens (tertiary/aromatic N) is 2. The van der Waals surface area contributed by atoms with Gasteiger partial charge in [0.1, 0.15) is 24.1 Å². The van der Waals surface area contributed by atoms with Crippen molar-refractivity contribution in [1.29, 1.82) is 0 Å². The minimum absolute atomic E-state index is 0.00180. The van der Waals surface area contributed by atoms with Crippen LogP contribution in [0.4, 0.5) is 5.82 Å². The lowest BCUT2D eigenvalue weighted by Crippen LogP contribution is -2.36. The van der Waals surface area contributed by atoms with Crippen LogP contribution in [0.5, 0.6) is 0 Å². The van der Waals surface area contributed by atoms with Crippen molar-refractivity contribution in [3.8, 4) is 0 Å². The molecule has 1 aromatic heterocycles. The SMILES string of the molecule is CCCCCCCCCCCCCCCCCCCC(=O)Nc1ccn([C@@H]2O[C@H](COP(=O)(O)OP(=O)(O)O)[C@@H](O)[C@H]2O)c(=O)n1. The van der Waals surface area contributed by atoms with E-state index in [1.165, 1.54) is 95.7 Å². The van der Waals surface area contributed by atoms with Gasteiger partial charge >= 0.3 is 21.3 Å². The first-order valence-electron chi connectivity index (χ1n) is 16.5. The van der Waals surface area contributed by atoms with Crippen LogP contribution >= 0.6 is 15.6 Å². The molecule has 1 unspecified atom stereocenters. The van der Waals surface area contributed by atoms with Gasteiger partial charge in [-0.25, -0.2) is 13.9 Å². The van der Waals surface area contributed by atoms with E-state index in [2.05, 4.69) is 26.1 Å². The number of hydrogen-bond acceptors (Lipinski definition) is 10. The van der Waals surface area contributed by atoms with Crippen LogP contribution in [0.1, 0.15) is 129 Å². The van der Waals surface area contributed by atoms with Crippen LogP contribution < -0.4 is 11.0 Å². The van der Waals surface area contributed by atoms with E-state index in [1.54, 1.807) is 0 Å². The average molecular weight is 698 g/mol. The van der Waals surface area contributed by atoms with Gasteiger partial charge in [0, 0.05) is 12.6 Å². The maximum atomic E-state index is 12.6. The Labute approximate surface area is 270 Å². The highest BCUT2D eigenvalue weighted by Gasteiger charge is 2.45. The van der Waals surface area contributed by atoms with Crippen molar-refractivity contribution in [2.75, 3.05) is 11.9 Å². The molecule has 0 spiro atoms. The normalized spacial score (nSPS) is 21.3. The zero-order chi connectivity index (χ0) is 34.0. The van der Waals surface area contributed by atoms with Crippen LogP contribution in [-0.2, 0) is 27.5 Å². The maximum Gasteiger partial charge on any atom is 0.481 e. The molecular weight excluding hydrogens is 644 g/mol. The summed E-state index contributed by atoms with van der Waals surface area (Å²) in [5.41, 5.74) is -0.911. The third-order valence-electron chi connectivity index (χ3n) is 7.83. The summed E-state index contributed by atoms with van der Waals surface area (Å²) in [6, 6.07) is 1.32. The van der Waals surface area contributed by atoms with Crippen molar-refractivity contribution in [1.82, 2.24) is 9.55 Å². The van der Waals surface area contributed by atoms with Gasteiger partial charge in [0.15, 0.2) is 6.23 Å². The zero-order valence-corrected chi connectivity index (χ0v) is 28.6. The summed E-state index contributed by atoms with van der Waals surface area (Å²) in [6.07, 6.45) is 16.3. The number of phosphoric acid groups is 2. The number of ether oxygens (including phenoxy) is 1. The molecule has 1 aliphatic heterocycles. The number of unbranched alkanes of at least 4 members (excludes halogenated alkanes) is 16. The Morgan fingerprint density at radius 1 is 0.870 bits per heavy atom. The van der Waals surface area contributed by atoms with E-state index >= 15 is 0 Å². The number of anilines is 1. The molecule has 0 radical (unpaired) electrons. The Balaban J connectivity index is 1.60. The quantitative estimate of drug-likeness (QED) is 0.0580. The highest BCUT2D eigenvalue weighted by atomic mass is 31.3. The lowest BCUT2D eigenvalue weighted by molar-refractivity contribution is -0.116. The molecule has 266 valence electrons. The Bertz CT molecular complexity index is 1180. The number of carbonyl (C=O) groups is 1. The fourth-order valence-electron chi connectivity index (χ4n) is 5.31. The van der Waals surface area contributed by atoms with E-state index in [0.717, 1.165) is 23.8 Å². The second-order valence-corrected chi connectivity index (χ2v) is 14.7. The standard InChI is InChI=1S/C29H53N3O12P2/c1-2-3-4-5-6-7-8-9-10-11-12-13-14-15-16-17-18-19-25(33)30-24-20-21-32(29(36)31-24)28-27(35)26(34)23(43-28)22-42-46(40,41)44-45(37,38)39/h20-21,23,26-28,34-35H,2-19,22H2,1H3,(H,40,41)(H2,37,38,39)(H,30,31,33,36)/t23-,26-,27-,28-/m1/s1. The molecule has 1 saturated heterocycles. The summed E-state index contributed by atoms with van der Waals surface area (Å²) in [4.78, 5) is 55.4. The van der Waals surface area contributed by atoms with Gasteiger partial charge in [-0.15, -0.1) is 0 Å². The van der Waals surface area contributed by atoms with Crippen molar-refractivity contribution in [3.63, 3.8) is 0 Å². The van der Waals surface area contributed by atoms with Crippen molar-refractivity contribution < 1.29 is 52.4 Å². The van der Waals surface area contributed by atoms with Crippen LogP contribution in [-0.4, -0.2) is 65.3 Å². The molecule has 6 N–H and O–H groups in total. The zero-order valence-electron chi connectivity index (χ0n) is 26.8. The third-order valence-corrected chi connectivity index (χ3v) is 9.98. The van der Waals surface area contributed by atoms with Crippen molar-refractivity contribution >= 4 is 27.4 Å². The molecule has 15 nitrogen and oxygen atoms in total. The maximum absolute atomic E-state index is 12.6. The molecule has 0 aromatic carbocycles. The second-order valence-electron chi connectivity index (χ2n) is 11.8. The van der Waals surface area contributed by atoms with Crippen LogP contribution in [0.25, 0.3) is 0 Å². The Morgan fingerprint density at radius 3 is 1.85 bits per heavy atom. The average Bonchev–Trinajstić information content (AvgIpc) is 3.25. The van der Waals surface area contributed by atoms with E-state index in [9.17, 15) is 33.8 Å².